The number of aryl methyl sites for hydroxylation is 1. The number of amides is 1. The Labute approximate surface area is 108 Å². The molecule has 0 unspecified atom stereocenters. The Bertz CT molecular complexity index is 407. The monoisotopic (exact) mass is 251 g/mol. The van der Waals surface area contributed by atoms with E-state index < -0.39 is 0 Å². The van der Waals surface area contributed by atoms with Gasteiger partial charge in [-0.2, -0.15) is 4.98 Å². The third-order valence-corrected chi connectivity index (χ3v) is 2.40. The number of carbonyl (C=O) groups excluding carboxylic acids is 1. The van der Waals surface area contributed by atoms with Crippen LogP contribution in [-0.2, 0) is 4.79 Å². The van der Waals surface area contributed by atoms with Crippen LogP contribution in [0, 0.1) is 6.92 Å². The van der Waals surface area contributed by atoms with Crippen LogP contribution in [0.4, 0.5) is 11.8 Å². The summed E-state index contributed by atoms with van der Waals surface area (Å²) in [4.78, 5) is 21.9. The molecule has 1 aromatic rings. The molecule has 0 radical (unpaired) electrons. The normalized spacial score (nSPS) is 10.0. The topological polar surface area (TPSA) is 70.2 Å². The number of rotatable bonds is 6. The summed E-state index contributed by atoms with van der Waals surface area (Å²) >= 11 is 0. The molecule has 100 valence electrons. The van der Waals surface area contributed by atoms with Crippen molar-refractivity contribution in [1.82, 2.24) is 15.3 Å². The third kappa shape index (κ3) is 3.87. The van der Waals surface area contributed by atoms with Gasteiger partial charge in [0.2, 0.25) is 11.9 Å². The Balaban J connectivity index is 2.80. The molecule has 0 aliphatic heterocycles. The van der Waals surface area contributed by atoms with Crippen LogP contribution in [-0.4, -0.2) is 42.6 Å². The zero-order chi connectivity index (χ0) is 13.5. The van der Waals surface area contributed by atoms with Crippen LogP contribution < -0.4 is 15.5 Å². The lowest BCUT2D eigenvalue weighted by Gasteiger charge is -2.19. The second-order valence-electron chi connectivity index (χ2n) is 4.04. The summed E-state index contributed by atoms with van der Waals surface area (Å²) in [7, 11) is 1.85. The van der Waals surface area contributed by atoms with Gasteiger partial charge in [-0.15, -0.1) is 0 Å². The summed E-state index contributed by atoms with van der Waals surface area (Å²) in [6.07, 6.45) is 1.76. The van der Waals surface area contributed by atoms with E-state index in [1.807, 2.05) is 32.7 Å². The molecule has 18 heavy (non-hydrogen) atoms. The maximum Gasteiger partial charge on any atom is 0.239 e. The molecule has 0 spiro atoms. The molecule has 2 N–H and O–H groups in total. The lowest BCUT2D eigenvalue weighted by Crippen LogP contribution is -2.35. The Morgan fingerprint density at radius 3 is 2.72 bits per heavy atom. The number of hydrogen-bond acceptors (Lipinski definition) is 5. The second kappa shape index (κ2) is 6.78. The van der Waals surface area contributed by atoms with Crippen molar-refractivity contribution in [3.63, 3.8) is 0 Å². The molecule has 6 heteroatoms. The van der Waals surface area contributed by atoms with Crippen LogP contribution in [0.15, 0.2) is 6.20 Å². The highest BCUT2D eigenvalue weighted by Gasteiger charge is 2.11. The van der Waals surface area contributed by atoms with Crippen molar-refractivity contribution in [2.45, 2.75) is 20.8 Å². The van der Waals surface area contributed by atoms with E-state index in [4.69, 9.17) is 0 Å². The number of nitrogens with one attached hydrogen (secondary N) is 2. The third-order valence-electron chi connectivity index (χ3n) is 2.40. The number of hydrogen-bond donors (Lipinski definition) is 2. The molecule has 0 bridgehead atoms. The second-order valence-corrected chi connectivity index (χ2v) is 4.04. The predicted octanol–water partition coefficient (Wildman–Crippen LogP) is 0.789. The van der Waals surface area contributed by atoms with Gasteiger partial charge in [-0.3, -0.25) is 4.79 Å². The quantitative estimate of drug-likeness (QED) is 0.782. The minimum Gasteiger partial charge on any atom is -0.355 e. The fraction of sp³-hybridized carbons (Fsp3) is 0.583. The van der Waals surface area contributed by atoms with E-state index in [2.05, 4.69) is 20.6 Å². The van der Waals surface area contributed by atoms with E-state index in [1.165, 1.54) is 0 Å². The van der Waals surface area contributed by atoms with E-state index >= 15 is 0 Å². The molecular weight excluding hydrogens is 230 g/mol. The Morgan fingerprint density at radius 2 is 2.11 bits per heavy atom. The molecular formula is C12H21N5O. The highest BCUT2D eigenvalue weighted by molar-refractivity contribution is 5.81. The first-order valence-corrected chi connectivity index (χ1v) is 6.13. The first-order valence-electron chi connectivity index (χ1n) is 6.13. The largest absolute Gasteiger partial charge is 0.355 e. The molecule has 1 amide bonds. The van der Waals surface area contributed by atoms with Crippen LogP contribution >= 0.6 is 0 Å². The number of likely N-dealkylation sites (N-methyl/N-ethyl adjacent to an activating group) is 2. The summed E-state index contributed by atoms with van der Waals surface area (Å²) in [6, 6.07) is 0. The van der Waals surface area contributed by atoms with Crippen LogP contribution in [0.3, 0.4) is 0 Å². The fourth-order valence-corrected chi connectivity index (χ4v) is 1.61. The molecule has 0 saturated carbocycles. The van der Waals surface area contributed by atoms with Crippen molar-refractivity contribution in [3.05, 3.63) is 11.8 Å². The van der Waals surface area contributed by atoms with Gasteiger partial charge in [0.1, 0.15) is 5.82 Å². The SMILES string of the molecule is CCNC(=O)CN(C)c1nc(NCC)ncc1C. The standard InChI is InChI=1S/C12H21N5O/c1-5-13-10(18)8-17(4)11-9(3)7-15-12(16-11)14-6-2/h7H,5-6,8H2,1-4H3,(H,13,18)(H,14,15,16). The summed E-state index contributed by atoms with van der Waals surface area (Å²) < 4.78 is 0. The zero-order valence-electron chi connectivity index (χ0n) is 11.4. The van der Waals surface area contributed by atoms with Gasteiger partial charge in [-0.1, -0.05) is 0 Å². The molecule has 0 aromatic carbocycles. The van der Waals surface area contributed by atoms with Gasteiger partial charge < -0.3 is 15.5 Å². The molecule has 1 aromatic heterocycles. The lowest BCUT2D eigenvalue weighted by atomic mass is 10.3. The van der Waals surface area contributed by atoms with Gasteiger partial charge in [-0.05, 0) is 20.8 Å². The van der Waals surface area contributed by atoms with Crippen LogP contribution in [0.25, 0.3) is 0 Å². The van der Waals surface area contributed by atoms with Gasteiger partial charge >= 0.3 is 0 Å². The molecule has 1 rings (SSSR count). The van der Waals surface area contributed by atoms with Crippen molar-refractivity contribution >= 4 is 17.7 Å². The first kappa shape index (κ1) is 14.2. The number of anilines is 2. The minimum absolute atomic E-state index is 0.0111. The highest BCUT2D eigenvalue weighted by Crippen LogP contribution is 2.16. The lowest BCUT2D eigenvalue weighted by molar-refractivity contribution is -0.119. The van der Waals surface area contributed by atoms with Gasteiger partial charge in [0.25, 0.3) is 0 Å². The van der Waals surface area contributed by atoms with Crippen molar-refractivity contribution in [3.8, 4) is 0 Å². The average molecular weight is 251 g/mol. The maximum absolute atomic E-state index is 11.5. The van der Waals surface area contributed by atoms with Gasteiger partial charge in [0.05, 0.1) is 6.54 Å². The van der Waals surface area contributed by atoms with Crippen molar-refractivity contribution in [2.24, 2.45) is 0 Å². The summed E-state index contributed by atoms with van der Waals surface area (Å²) in [5, 5.41) is 5.82. The molecule has 0 aliphatic rings. The smallest absolute Gasteiger partial charge is 0.239 e. The summed E-state index contributed by atoms with van der Waals surface area (Å²) in [6.45, 7) is 7.51. The number of carbonyl (C=O) groups is 1. The molecule has 0 atom stereocenters. The van der Waals surface area contributed by atoms with Crippen LogP contribution in [0.1, 0.15) is 19.4 Å². The van der Waals surface area contributed by atoms with E-state index in [0.717, 1.165) is 17.9 Å². The van der Waals surface area contributed by atoms with E-state index in [1.54, 1.807) is 6.20 Å². The van der Waals surface area contributed by atoms with E-state index in [-0.39, 0.29) is 12.5 Å². The van der Waals surface area contributed by atoms with Gasteiger partial charge in [-0.25, -0.2) is 4.98 Å². The molecule has 0 saturated heterocycles. The van der Waals surface area contributed by atoms with Crippen molar-refractivity contribution < 1.29 is 4.79 Å². The predicted molar refractivity (Wildman–Crippen MR) is 72.9 cm³/mol. The van der Waals surface area contributed by atoms with Crippen LogP contribution in [0.2, 0.25) is 0 Å². The van der Waals surface area contributed by atoms with Gasteiger partial charge in [0, 0.05) is 31.9 Å². The van der Waals surface area contributed by atoms with E-state index in [0.29, 0.717) is 12.5 Å². The number of nitrogens with zero attached hydrogens (tertiary/aromatic N) is 3. The highest BCUT2D eigenvalue weighted by atomic mass is 16.2. The summed E-state index contributed by atoms with van der Waals surface area (Å²) in [5.41, 5.74) is 0.948. The Hall–Kier alpha value is -1.85. The Kier molecular flexibility index (Phi) is 5.35. The minimum atomic E-state index is -0.0111. The molecule has 1 heterocycles. The Morgan fingerprint density at radius 1 is 1.39 bits per heavy atom. The van der Waals surface area contributed by atoms with E-state index in [9.17, 15) is 4.79 Å². The molecule has 6 nitrogen and oxygen atoms in total. The summed E-state index contributed by atoms with van der Waals surface area (Å²) in [5.74, 6) is 1.34. The zero-order valence-corrected chi connectivity index (χ0v) is 11.4. The number of aromatic nitrogens is 2. The average Bonchev–Trinajstić information content (AvgIpc) is 2.32. The molecule has 0 aliphatic carbocycles. The molecule has 0 fully saturated rings. The van der Waals surface area contributed by atoms with Crippen molar-refractivity contribution in [1.29, 1.82) is 0 Å². The van der Waals surface area contributed by atoms with Crippen LogP contribution in [0.5, 0.6) is 0 Å². The van der Waals surface area contributed by atoms with Gasteiger partial charge in [0.15, 0.2) is 0 Å². The first-order chi connectivity index (χ1) is 8.58. The fourth-order valence-electron chi connectivity index (χ4n) is 1.61. The maximum atomic E-state index is 11.5. The van der Waals surface area contributed by atoms with Crippen molar-refractivity contribution in [2.75, 3.05) is 36.9 Å².